The number of benzene rings is 1. The topological polar surface area (TPSA) is 46.4 Å². The minimum absolute atomic E-state index is 0.159. The first-order valence-corrected chi connectivity index (χ1v) is 7.64. The van der Waals surface area contributed by atoms with E-state index in [0.29, 0.717) is 11.6 Å². The summed E-state index contributed by atoms with van der Waals surface area (Å²) < 4.78 is 1.96. The predicted molar refractivity (Wildman–Crippen MR) is 92.3 cm³/mol. The molecule has 23 heavy (non-hydrogen) atoms. The van der Waals surface area contributed by atoms with Crippen molar-refractivity contribution in [1.82, 2.24) is 14.7 Å². The van der Waals surface area contributed by atoms with E-state index in [1.807, 2.05) is 48.0 Å². The van der Waals surface area contributed by atoms with Crippen molar-refractivity contribution in [2.75, 3.05) is 0 Å². The first-order valence-electron chi connectivity index (χ1n) is 7.26. The molecule has 0 saturated carbocycles. The molecule has 0 bridgehead atoms. The molecule has 0 saturated heterocycles. The standard InChI is InChI=1S/C18H16ClN3O/c1-13-2-8-17-21-16(12-22(17)11-13)10-20-18(23)9-5-14-3-6-15(19)7-4-14/h2-9,11-12H,10H2,1H3,(H,20,23)/b9-5+. The van der Waals surface area contributed by atoms with Gasteiger partial charge in [-0.2, -0.15) is 0 Å². The van der Waals surface area contributed by atoms with Crippen molar-refractivity contribution in [3.8, 4) is 0 Å². The molecule has 3 aromatic rings. The number of hydrogen-bond donors (Lipinski definition) is 1. The third-order valence-electron chi connectivity index (χ3n) is 3.39. The minimum atomic E-state index is -0.159. The van der Waals surface area contributed by atoms with Gasteiger partial charge in [0.25, 0.3) is 0 Å². The molecule has 0 radical (unpaired) electrons. The van der Waals surface area contributed by atoms with E-state index >= 15 is 0 Å². The summed E-state index contributed by atoms with van der Waals surface area (Å²) in [6, 6.07) is 11.3. The van der Waals surface area contributed by atoms with E-state index in [0.717, 1.165) is 22.5 Å². The zero-order valence-corrected chi connectivity index (χ0v) is 13.4. The highest BCUT2D eigenvalue weighted by molar-refractivity contribution is 6.30. The number of nitrogens with one attached hydrogen (secondary N) is 1. The zero-order chi connectivity index (χ0) is 16.2. The summed E-state index contributed by atoms with van der Waals surface area (Å²) in [7, 11) is 0. The van der Waals surface area contributed by atoms with E-state index in [1.54, 1.807) is 18.2 Å². The summed E-state index contributed by atoms with van der Waals surface area (Å²) in [6.07, 6.45) is 7.18. The van der Waals surface area contributed by atoms with Crippen LogP contribution in [-0.2, 0) is 11.3 Å². The van der Waals surface area contributed by atoms with Crippen LogP contribution in [0, 0.1) is 6.92 Å². The average molecular weight is 326 g/mol. The zero-order valence-electron chi connectivity index (χ0n) is 12.7. The summed E-state index contributed by atoms with van der Waals surface area (Å²) in [5.41, 5.74) is 3.78. The smallest absolute Gasteiger partial charge is 0.244 e. The quantitative estimate of drug-likeness (QED) is 0.745. The summed E-state index contributed by atoms with van der Waals surface area (Å²) in [5, 5.41) is 3.50. The first kappa shape index (κ1) is 15.3. The lowest BCUT2D eigenvalue weighted by atomic mass is 10.2. The fourth-order valence-corrected chi connectivity index (χ4v) is 2.35. The Morgan fingerprint density at radius 2 is 2.00 bits per heavy atom. The highest BCUT2D eigenvalue weighted by Gasteiger charge is 2.03. The minimum Gasteiger partial charge on any atom is -0.347 e. The molecule has 0 fully saturated rings. The monoisotopic (exact) mass is 325 g/mol. The molecule has 1 N–H and O–H groups in total. The number of carbonyl (C=O) groups excluding carboxylic acids is 1. The van der Waals surface area contributed by atoms with Gasteiger partial charge in [-0.1, -0.05) is 29.8 Å². The van der Waals surface area contributed by atoms with E-state index in [4.69, 9.17) is 11.6 Å². The number of fused-ring (bicyclic) bond motifs is 1. The van der Waals surface area contributed by atoms with Crippen LogP contribution in [0.15, 0.2) is 54.9 Å². The molecule has 3 rings (SSSR count). The Hall–Kier alpha value is -2.59. The molecule has 1 amide bonds. The normalized spacial score (nSPS) is 11.2. The first-order chi connectivity index (χ1) is 11.1. The van der Waals surface area contributed by atoms with Crippen LogP contribution in [0.5, 0.6) is 0 Å². The van der Waals surface area contributed by atoms with Crippen LogP contribution in [0.1, 0.15) is 16.8 Å². The molecule has 1 aromatic carbocycles. The van der Waals surface area contributed by atoms with Gasteiger partial charge < -0.3 is 9.72 Å². The number of halogens is 1. The number of aryl methyl sites for hydroxylation is 1. The predicted octanol–water partition coefficient (Wildman–Crippen LogP) is 3.63. The second-order valence-electron chi connectivity index (χ2n) is 5.31. The van der Waals surface area contributed by atoms with Crippen molar-refractivity contribution < 1.29 is 4.79 Å². The molecular weight excluding hydrogens is 310 g/mol. The molecule has 0 aliphatic rings. The fraction of sp³-hybridized carbons (Fsp3) is 0.111. The second kappa shape index (κ2) is 6.67. The summed E-state index contributed by atoms with van der Waals surface area (Å²) in [6.45, 7) is 2.42. The van der Waals surface area contributed by atoms with Gasteiger partial charge in [0.2, 0.25) is 5.91 Å². The Kier molecular flexibility index (Phi) is 4.44. The maximum Gasteiger partial charge on any atom is 0.244 e. The molecule has 0 aliphatic carbocycles. The maximum atomic E-state index is 11.9. The van der Waals surface area contributed by atoms with Crippen LogP contribution >= 0.6 is 11.6 Å². The average Bonchev–Trinajstić information content (AvgIpc) is 2.94. The van der Waals surface area contributed by atoms with E-state index < -0.39 is 0 Å². The largest absolute Gasteiger partial charge is 0.347 e. The van der Waals surface area contributed by atoms with Crippen molar-refractivity contribution in [2.24, 2.45) is 0 Å². The van der Waals surface area contributed by atoms with E-state index in [-0.39, 0.29) is 5.91 Å². The Balaban J connectivity index is 1.60. The van der Waals surface area contributed by atoms with Gasteiger partial charge in [-0.05, 0) is 42.3 Å². The number of nitrogens with zero attached hydrogens (tertiary/aromatic N) is 2. The van der Waals surface area contributed by atoms with Gasteiger partial charge in [-0.25, -0.2) is 4.98 Å². The molecule has 0 spiro atoms. The number of hydrogen-bond acceptors (Lipinski definition) is 2. The molecule has 0 unspecified atom stereocenters. The Morgan fingerprint density at radius 3 is 2.78 bits per heavy atom. The Labute approximate surface area is 139 Å². The highest BCUT2D eigenvalue weighted by atomic mass is 35.5. The van der Waals surface area contributed by atoms with Crippen LogP contribution in [0.2, 0.25) is 5.02 Å². The van der Waals surface area contributed by atoms with Gasteiger partial charge in [-0.3, -0.25) is 4.79 Å². The molecule has 2 aromatic heterocycles. The van der Waals surface area contributed by atoms with Crippen molar-refractivity contribution in [3.63, 3.8) is 0 Å². The Morgan fingerprint density at radius 1 is 1.22 bits per heavy atom. The van der Waals surface area contributed by atoms with E-state index in [9.17, 15) is 4.79 Å². The molecule has 2 heterocycles. The lowest BCUT2D eigenvalue weighted by molar-refractivity contribution is -0.116. The SMILES string of the molecule is Cc1ccc2nc(CNC(=O)/C=C/c3ccc(Cl)cc3)cn2c1. The molecule has 4 nitrogen and oxygen atoms in total. The molecule has 5 heteroatoms. The lowest BCUT2D eigenvalue weighted by Gasteiger charge is -1.98. The highest BCUT2D eigenvalue weighted by Crippen LogP contribution is 2.10. The molecule has 116 valence electrons. The van der Waals surface area contributed by atoms with Gasteiger partial charge in [0.05, 0.1) is 12.2 Å². The number of carbonyl (C=O) groups is 1. The lowest BCUT2D eigenvalue weighted by Crippen LogP contribution is -2.20. The summed E-state index contributed by atoms with van der Waals surface area (Å²) >= 11 is 5.82. The number of imidazole rings is 1. The van der Waals surface area contributed by atoms with Crippen LogP contribution in [-0.4, -0.2) is 15.3 Å². The molecule has 0 aliphatic heterocycles. The molecule has 0 atom stereocenters. The van der Waals surface area contributed by atoms with Crippen molar-refractivity contribution in [3.05, 3.63) is 76.7 Å². The number of pyridine rings is 1. The number of aromatic nitrogens is 2. The van der Waals surface area contributed by atoms with Gasteiger partial charge in [0, 0.05) is 23.5 Å². The number of rotatable bonds is 4. The Bertz CT molecular complexity index is 866. The van der Waals surface area contributed by atoms with Gasteiger partial charge in [-0.15, -0.1) is 0 Å². The third kappa shape index (κ3) is 3.99. The van der Waals surface area contributed by atoms with Gasteiger partial charge >= 0.3 is 0 Å². The van der Waals surface area contributed by atoms with Crippen LogP contribution < -0.4 is 5.32 Å². The molecular formula is C18H16ClN3O. The van der Waals surface area contributed by atoms with Crippen molar-refractivity contribution in [2.45, 2.75) is 13.5 Å². The summed E-state index contributed by atoms with van der Waals surface area (Å²) in [5.74, 6) is -0.159. The second-order valence-corrected chi connectivity index (χ2v) is 5.74. The maximum absolute atomic E-state index is 11.9. The fourth-order valence-electron chi connectivity index (χ4n) is 2.22. The van der Waals surface area contributed by atoms with Crippen LogP contribution in [0.3, 0.4) is 0 Å². The van der Waals surface area contributed by atoms with Crippen molar-refractivity contribution in [1.29, 1.82) is 0 Å². The van der Waals surface area contributed by atoms with E-state index in [1.165, 1.54) is 6.08 Å². The van der Waals surface area contributed by atoms with Crippen LogP contribution in [0.4, 0.5) is 0 Å². The van der Waals surface area contributed by atoms with Crippen molar-refractivity contribution >= 4 is 29.2 Å². The summed E-state index contributed by atoms with van der Waals surface area (Å²) in [4.78, 5) is 16.3. The van der Waals surface area contributed by atoms with Gasteiger partial charge in [0.1, 0.15) is 5.65 Å². The number of amides is 1. The van der Waals surface area contributed by atoms with Crippen LogP contribution in [0.25, 0.3) is 11.7 Å². The van der Waals surface area contributed by atoms with E-state index in [2.05, 4.69) is 10.3 Å². The third-order valence-corrected chi connectivity index (χ3v) is 3.64. The van der Waals surface area contributed by atoms with Gasteiger partial charge in [0.15, 0.2) is 0 Å².